The van der Waals surface area contributed by atoms with Crippen molar-refractivity contribution in [2.24, 2.45) is 4.99 Å². The van der Waals surface area contributed by atoms with Crippen LogP contribution in [0.2, 0.25) is 0 Å². The summed E-state index contributed by atoms with van der Waals surface area (Å²) < 4.78 is 0.958. The van der Waals surface area contributed by atoms with Gasteiger partial charge in [0.2, 0.25) is 0 Å². The van der Waals surface area contributed by atoms with E-state index >= 15 is 0 Å². The van der Waals surface area contributed by atoms with Gasteiger partial charge in [0.25, 0.3) is 5.91 Å². The molecule has 3 nitrogen and oxygen atoms in total. The lowest BCUT2D eigenvalue weighted by Gasteiger charge is -2.04. The molecule has 2 aromatic carbocycles. The van der Waals surface area contributed by atoms with Crippen molar-refractivity contribution >= 4 is 50.5 Å². The predicted molar refractivity (Wildman–Crippen MR) is 105 cm³/mol. The van der Waals surface area contributed by atoms with Crippen molar-refractivity contribution in [2.75, 3.05) is 0 Å². The van der Waals surface area contributed by atoms with Gasteiger partial charge in [-0.1, -0.05) is 60.1 Å². The molecule has 5 heteroatoms. The number of aliphatic imine (C=N–C) groups is 1. The second-order valence-corrected chi connectivity index (χ2v) is 7.73. The van der Waals surface area contributed by atoms with Crippen molar-refractivity contribution in [3.05, 3.63) is 69.0 Å². The minimum atomic E-state index is -0.110. The third-order valence-corrected chi connectivity index (χ3v) is 4.99. The zero-order valence-corrected chi connectivity index (χ0v) is 15.8. The van der Waals surface area contributed by atoms with Crippen LogP contribution in [0.4, 0.5) is 5.69 Å². The average molecular weight is 401 g/mol. The number of hydrogen-bond donors (Lipinski definition) is 1. The maximum absolute atomic E-state index is 12.1. The predicted octanol–water partition coefficient (Wildman–Crippen LogP) is 5.46. The largest absolute Gasteiger partial charge is 0.300 e. The number of carbonyl (C=O) groups excluding carboxylic acids is 1. The molecule has 0 bridgehead atoms. The molecule has 24 heavy (non-hydrogen) atoms. The van der Waals surface area contributed by atoms with Crippen LogP contribution in [0.5, 0.6) is 0 Å². The van der Waals surface area contributed by atoms with Crippen molar-refractivity contribution in [3.63, 3.8) is 0 Å². The molecule has 1 saturated heterocycles. The van der Waals surface area contributed by atoms with Crippen molar-refractivity contribution in [3.8, 4) is 0 Å². The number of amides is 1. The SMILES string of the molecule is CC(C)c1ccc(/C=C2\SC(=Nc3cccc(Br)c3)NC2=O)cc1. The number of halogens is 1. The average Bonchev–Trinajstić information content (AvgIpc) is 2.87. The molecule has 1 amide bonds. The molecule has 0 unspecified atom stereocenters. The molecule has 0 spiro atoms. The van der Waals surface area contributed by atoms with Crippen molar-refractivity contribution < 1.29 is 4.79 Å². The van der Waals surface area contributed by atoms with Gasteiger partial charge in [-0.05, 0) is 53.1 Å². The van der Waals surface area contributed by atoms with E-state index in [0.717, 1.165) is 15.7 Å². The van der Waals surface area contributed by atoms with E-state index in [0.29, 0.717) is 16.0 Å². The van der Waals surface area contributed by atoms with E-state index in [1.807, 2.05) is 42.5 Å². The van der Waals surface area contributed by atoms with Crippen LogP contribution in [-0.4, -0.2) is 11.1 Å². The van der Waals surface area contributed by atoms with Gasteiger partial charge in [-0.2, -0.15) is 0 Å². The van der Waals surface area contributed by atoms with Gasteiger partial charge in [0.15, 0.2) is 5.17 Å². The number of carbonyl (C=O) groups is 1. The molecule has 1 N–H and O–H groups in total. The molecule has 0 atom stereocenters. The first-order valence-electron chi connectivity index (χ1n) is 7.66. The van der Waals surface area contributed by atoms with Crippen molar-refractivity contribution in [1.29, 1.82) is 0 Å². The fourth-order valence-corrected chi connectivity index (χ4v) is 3.50. The molecule has 0 saturated carbocycles. The number of thioether (sulfide) groups is 1. The zero-order chi connectivity index (χ0) is 17.1. The Bertz CT molecular complexity index is 826. The maximum atomic E-state index is 12.1. The Labute approximate surface area is 154 Å². The third-order valence-electron chi connectivity index (χ3n) is 3.59. The van der Waals surface area contributed by atoms with E-state index in [9.17, 15) is 4.79 Å². The molecule has 122 valence electrons. The summed E-state index contributed by atoms with van der Waals surface area (Å²) in [6, 6.07) is 16.0. The Morgan fingerprint density at radius 2 is 1.92 bits per heavy atom. The lowest BCUT2D eigenvalue weighted by Crippen LogP contribution is -2.19. The van der Waals surface area contributed by atoms with Crippen LogP contribution >= 0.6 is 27.7 Å². The first kappa shape index (κ1) is 17.0. The van der Waals surface area contributed by atoms with Crippen LogP contribution in [0.1, 0.15) is 30.9 Å². The van der Waals surface area contributed by atoms with Gasteiger partial charge in [0, 0.05) is 4.47 Å². The quantitative estimate of drug-likeness (QED) is 0.694. The summed E-state index contributed by atoms with van der Waals surface area (Å²) in [5.41, 5.74) is 3.10. The van der Waals surface area contributed by atoms with E-state index in [4.69, 9.17) is 0 Å². The van der Waals surface area contributed by atoms with Crippen LogP contribution in [0.25, 0.3) is 6.08 Å². The highest BCUT2D eigenvalue weighted by Crippen LogP contribution is 2.29. The molecule has 1 heterocycles. The molecule has 1 aliphatic heterocycles. The van der Waals surface area contributed by atoms with E-state index in [2.05, 4.69) is 52.2 Å². The van der Waals surface area contributed by atoms with Crippen molar-refractivity contribution in [2.45, 2.75) is 19.8 Å². The number of benzene rings is 2. The third kappa shape index (κ3) is 4.16. The summed E-state index contributed by atoms with van der Waals surface area (Å²) in [5, 5.41) is 3.41. The van der Waals surface area contributed by atoms with E-state index in [1.165, 1.54) is 17.3 Å². The molecule has 0 aliphatic carbocycles. The van der Waals surface area contributed by atoms with E-state index in [1.54, 1.807) is 0 Å². The smallest absolute Gasteiger partial charge is 0.264 e. The van der Waals surface area contributed by atoms with Gasteiger partial charge in [0.05, 0.1) is 10.6 Å². The summed E-state index contributed by atoms with van der Waals surface area (Å²) in [6.45, 7) is 4.33. The highest BCUT2D eigenvalue weighted by atomic mass is 79.9. The first-order chi connectivity index (χ1) is 11.5. The molecule has 2 aromatic rings. The summed E-state index contributed by atoms with van der Waals surface area (Å²) in [4.78, 5) is 17.3. The summed E-state index contributed by atoms with van der Waals surface area (Å²) in [7, 11) is 0. The zero-order valence-electron chi connectivity index (χ0n) is 13.4. The molecule has 1 fully saturated rings. The maximum Gasteiger partial charge on any atom is 0.264 e. The number of amidine groups is 1. The fraction of sp³-hybridized carbons (Fsp3) is 0.158. The van der Waals surface area contributed by atoms with Gasteiger partial charge < -0.3 is 5.32 Å². The standard InChI is InChI=1S/C19H17BrN2OS/c1-12(2)14-8-6-13(7-9-14)10-17-18(23)22-19(24-17)21-16-5-3-4-15(20)11-16/h3-12H,1-2H3,(H,21,22,23)/b17-10-. The fourth-order valence-electron chi connectivity index (χ4n) is 2.27. The molecule has 1 aliphatic rings. The molecule has 0 aromatic heterocycles. The number of nitrogens with one attached hydrogen (secondary N) is 1. The Hall–Kier alpha value is -1.85. The highest BCUT2D eigenvalue weighted by molar-refractivity contribution is 9.10. The van der Waals surface area contributed by atoms with Crippen LogP contribution in [0.15, 0.2) is 62.9 Å². The summed E-state index contributed by atoms with van der Waals surface area (Å²) in [5.74, 6) is 0.390. The summed E-state index contributed by atoms with van der Waals surface area (Å²) in [6.07, 6.45) is 1.90. The Morgan fingerprint density at radius 3 is 2.58 bits per heavy atom. The van der Waals surface area contributed by atoms with E-state index < -0.39 is 0 Å². The van der Waals surface area contributed by atoms with Gasteiger partial charge in [-0.25, -0.2) is 4.99 Å². The normalized spacial score (nSPS) is 17.8. The monoisotopic (exact) mass is 400 g/mol. The molecule has 0 radical (unpaired) electrons. The van der Waals surface area contributed by atoms with Gasteiger partial charge >= 0.3 is 0 Å². The van der Waals surface area contributed by atoms with Gasteiger partial charge in [-0.3, -0.25) is 4.79 Å². The second-order valence-electron chi connectivity index (χ2n) is 5.78. The summed E-state index contributed by atoms with van der Waals surface area (Å²) >= 11 is 4.78. The van der Waals surface area contributed by atoms with Crippen LogP contribution in [0.3, 0.4) is 0 Å². The Kier molecular flexibility index (Phi) is 5.21. The van der Waals surface area contributed by atoms with Gasteiger partial charge in [-0.15, -0.1) is 0 Å². The lowest BCUT2D eigenvalue weighted by atomic mass is 10.0. The molecular formula is C19H17BrN2OS. The number of nitrogens with zero attached hydrogens (tertiary/aromatic N) is 1. The Balaban J connectivity index is 1.79. The minimum Gasteiger partial charge on any atom is -0.300 e. The number of hydrogen-bond acceptors (Lipinski definition) is 3. The Morgan fingerprint density at radius 1 is 1.17 bits per heavy atom. The lowest BCUT2D eigenvalue weighted by molar-refractivity contribution is -0.115. The number of rotatable bonds is 3. The van der Waals surface area contributed by atoms with Crippen LogP contribution < -0.4 is 5.32 Å². The molecule has 3 rings (SSSR count). The first-order valence-corrected chi connectivity index (χ1v) is 9.27. The topological polar surface area (TPSA) is 41.5 Å². The molecular weight excluding hydrogens is 384 g/mol. The van der Waals surface area contributed by atoms with Crippen LogP contribution in [-0.2, 0) is 4.79 Å². The highest BCUT2D eigenvalue weighted by Gasteiger charge is 2.23. The van der Waals surface area contributed by atoms with Crippen molar-refractivity contribution in [1.82, 2.24) is 5.32 Å². The van der Waals surface area contributed by atoms with E-state index in [-0.39, 0.29) is 5.91 Å². The van der Waals surface area contributed by atoms with Crippen LogP contribution in [0, 0.1) is 0 Å². The second kappa shape index (κ2) is 7.36. The minimum absolute atomic E-state index is 0.110. The van der Waals surface area contributed by atoms with Gasteiger partial charge in [0.1, 0.15) is 0 Å².